The van der Waals surface area contributed by atoms with E-state index in [-0.39, 0.29) is 12.0 Å². The fourth-order valence-electron chi connectivity index (χ4n) is 2.60. The van der Waals surface area contributed by atoms with Gasteiger partial charge in [-0.1, -0.05) is 0 Å². The van der Waals surface area contributed by atoms with Gasteiger partial charge in [0.1, 0.15) is 6.04 Å². The van der Waals surface area contributed by atoms with Crippen LogP contribution in [0.15, 0.2) is 12.5 Å². The maximum absolute atomic E-state index is 11.7. The summed E-state index contributed by atoms with van der Waals surface area (Å²) in [5.74, 6) is -0.361. The summed E-state index contributed by atoms with van der Waals surface area (Å²) in [7, 11) is 0. The first-order valence-corrected chi connectivity index (χ1v) is 6.91. The third kappa shape index (κ3) is 2.79. The summed E-state index contributed by atoms with van der Waals surface area (Å²) in [5, 5.41) is 3.23. The predicted molar refractivity (Wildman–Crippen MR) is 69.4 cm³/mol. The zero-order valence-electron chi connectivity index (χ0n) is 10.9. The van der Waals surface area contributed by atoms with Crippen molar-refractivity contribution < 1.29 is 9.53 Å². The number of aromatic nitrogens is 2. The summed E-state index contributed by atoms with van der Waals surface area (Å²) in [5.41, 5.74) is 6.39. The minimum atomic E-state index is -0.479. The zero-order valence-corrected chi connectivity index (χ0v) is 10.9. The number of carbonyl (C=O) groups excluding carboxylic acids is 1. The van der Waals surface area contributed by atoms with Crippen LogP contribution in [0.4, 0.5) is 0 Å². The Morgan fingerprint density at radius 2 is 2.42 bits per heavy atom. The number of rotatable bonds is 6. The summed E-state index contributed by atoms with van der Waals surface area (Å²) in [6, 6.07) is 0.0104. The van der Waals surface area contributed by atoms with Gasteiger partial charge in [-0.15, -0.1) is 0 Å². The molecular weight excluding hydrogens is 244 g/mol. The summed E-state index contributed by atoms with van der Waals surface area (Å²) in [6.07, 6.45) is 8.15. The molecule has 6 heteroatoms. The molecule has 1 aliphatic heterocycles. The number of nitrogens with two attached hydrogens (primary N) is 1. The first-order chi connectivity index (χ1) is 9.25. The highest BCUT2D eigenvalue weighted by atomic mass is 16.5. The van der Waals surface area contributed by atoms with E-state index < -0.39 is 6.04 Å². The van der Waals surface area contributed by atoms with E-state index in [0.717, 1.165) is 38.0 Å². The number of nitrogens with zero attached hydrogens (tertiary/aromatic N) is 2. The van der Waals surface area contributed by atoms with Crippen molar-refractivity contribution >= 4 is 5.91 Å². The Kier molecular flexibility index (Phi) is 3.52. The first kappa shape index (κ1) is 12.6. The molecule has 104 valence electrons. The molecule has 6 nitrogen and oxygen atoms in total. The molecule has 1 aliphatic carbocycles. The van der Waals surface area contributed by atoms with Crippen molar-refractivity contribution in [1.82, 2.24) is 14.9 Å². The maximum Gasteiger partial charge on any atom is 0.240 e. The van der Waals surface area contributed by atoms with Crippen LogP contribution in [0.2, 0.25) is 0 Å². The van der Waals surface area contributed by atoms with Crippen molar-refractivity contribution in [3.8, 4) is 0 Å². The number of amides is 1. The van der Waals surface area contributed by atoms with Crippen LogP contribution in [0.5, 0.6) is 0 Å². The van der Waals surface area contributed by atoms with Crippen LogP contribution in [0.3, 0.4) is 0 Å². The number of primary amides is 1. The standard InChI is InChI=1S/C13H20N4O2/c14-13(18)12(16-6-10-2-1-5-19-10)11-7-15-8-17(11)9-3-4-9/h7-10,12,16H,1-6H2,(H2,14,18). The monoisotopic (exact) mass is 264 g/mol. The Morgan fingerprint density at radius 3 is 3.05 bits per heavy atom. The van der Waals surface area contributed by atoms with Gasteiger partial charge in [0.05, 0.1) is 24.3 Å². The smallest absolute Gasteiger partial charge is 0.240 e. The summed E-state index contributed by atoms with van der Waals surface area (Å²) in [4.78, 5) is 15.8. The van der Waals surface area contributed by atoms with Crippen molar-refractivity contribution in [2.24, 2.45) is 5.73 Å². The van der Waals surface area contributed by atoms with Crippen molar-refractivity contribution in [2.45, 2.75) is 43.9 Å². The third-order valence-corrected chi connectivity index (χ3v) is 3.79. The quantitative estimate of drug-likeness (QED) is 0.784. The van der Waals surface area contributed by atoms with Gasteiger partial charge in [-0.25, -0.2) is 4.98 Å². The van der Waals surface area contributed by atoms with E-state index in [1.54, 1.807) is 12.5 Å². The second-order valence-electron chi connectivity index (χ2n) is 5.34. The maximum atomic E-state index is 11.7. The molecule has 19 heavy (non-hydrogen) atoms. The van der Waals surface area contributed by atoms with Crippen LogP contribution in [-0.2, 0) is 9.53 Å². The van der Waals surface area contributed by atoms with Gasteiger partial charge in [-0.05, 0) is 25.7 Å². The number of carbonyl (C=O) groups is 1. The lowest BCUT2D eigenvalue weighted by atomic mass is 10.1. The molecule has 0 radical (unpaired) electrons. The Hall–Kier alpha value is -1.40. The molecule has 0 spiro atoms. The Morgan fingerprint density at radius 1 is 1.58 bits per heavy atom. The van der Waals surface area contributed by atoms with Crippen LogP contribution >= 0.6 is 0 Å². The molecule has 1 amide bonds. The lowest BCUT2D eigenvalue weighted by molar-refractivity contribution is -0.120. The van der Waals surface area contributed by atoms with Gasteiger partial charge in [0.25, 0.3) is 0 Å². The summed E-state index contributed by atoms with van der Waals surface area (Å²) in [6.45, 7) is 1.47. The van der Waals surface area contributed by atoms with E-state index in [4.69, 9.17) is 10.5 Å². The minimum Gasteiger partial charge on any atom is -0.377 e. The van der Waals surface area contributed by atoms with E-state index in [9.17, 15) is 4.79 Å². The molecule has 2 atom stereocenters. The van der Waals surface area contributed by atoms with Crippen molar-refractivity contribution in [2.75, 3.05) is 13.2 Å². The van der Waals surface area contributed by atoms with Gasteiger partial charge in [-0.3, -0.25) is 10.1 Å². The fraction of sp³-hybridized carbons (Fsp3) is 0.692. The number of hydrogen-bond acceptors (Lipinski definition) is 4. The normalized spacial score (nSPS) is 24.5. The van der Waals surface area contributed by atoms with Gasteiger partial charge in [-0.2, -0.15) is 0 Å². The number of imidazole rings is 1. The topological polar surface area (TPSA) is 82.2 Å². The lowest BCUT2D eigenvalue weighted by Gasteiger charge is -2.19. The Balaban J connectivity index is 1.68. The summed E-state index contributed by atoms with van der Waals surface area (Å²) >= 11 is 0. The molecule has 2 heterocycles. The van der Waals surface area contributed by atoms with E-state index >= 15 is 0 Å². The minimum absolute atomic E-state index is 0.194. The van der Waals surface area contributed by atoms with Gasteiger partial charge in [0, 0.05) is 19.2 Å². The molecule has 1 saturated carbocycles. The second-order valence-corrected chi connectivity index (χ2v) is 5.34. The molecule has 2 fully saturated rings. The highest BCUT2D eigenvalue weighted by molar-refractivity contribution is 5.80. The predicted octanol–water partition coefficient (Wildman–Crippen LogP) is 0.513. The molecule has 0 bridgehead atoms. The van der Waals surface area contributed by atoms with Gasteiger partial charge in [0.15, 0.2) is 0 Å². The van der Waals surface area contributed by atoms with Crippen LogP contribution in [0.1, 0.15) is 43.5 Å². The van der Waals surface area contributed by atoms with Gasteiger partial charge in [0.2, 0.25) is 5.91 Å². The fourth-order valence-corrected chi connectivity index (χ4v) is 2.60. The molecule has 1 aromatic heterocycles. The molecule has 2 unspecified atom stereocenters. The van der Waals surface area contributed by atoms with E-state index in [1.807, 2.05) is 0 Å². The highest BCUT2D eigenvalue weighted by Crippen LogP contribution is 2.36. The Labute approximate surface area is 112 Å². The SMILES string of the molecule is NC(=O)C(NCC1CCCO1)c1cncn1C1CC1. The molecule has 3 rings (SSSR count). The van der Waals surface area contributed by atoms with Crippen LogP contribution in [0, 0.1) is 0 Å². The van der Waals surface area contributed by atoms with Crippen LogP contribution in [0.25, 0.3) is 0 Å². The number of nitrogens with one attached hydrogen (secondary N) is 1. The van der Waals surface area contributed by atoms with E-state index in [1.165, 1.54) is 0 Å². The second kappa shape index (κ2) is 5.30. The molecule has 0 aromatic carbocycles. The van der Waals surface area contributed by atoms with Crippen molar-refractivity contribution in [1.29, 1.82) is 0 Å². The third-order valence-electron chi connectivity index (χ3n) is 3.79. The average molecular weight is 264 g/mol. The van der Waals surface area contributed by atoms with E-state index in [2.05, 4.69) is 14.9 Å². The number of hydrogen-bond donors (Lipinski definition) is 2. The summed E-state index contributed by atoms with van der Waals surface area (Å²) < 4.78 is 7.62. The number of ether oxygens (including phenoxy) is 1. The van der Waals surface area contributed by atoms with Crippen molar-refractivity contribution in [3.05, 3.63) is 18.2 Å². The Bertz CT molecular complexity index is 449. The zero-order chi connectivity index (χ0) is 13.2. The molecule has 1 saturated heterocycles. The highest BCUT2D eigenvalue weighted by Gasteiger charge is 2.30. The molecule has 2 aliphatic rings. The van der Waals surface area contributed by atoms with Crippen LogP contribution in [-0.4, -0.2) is 34.7 Å². The van der Waals surface area contributed by atoms with E-state index in [0.29, 0.717) is 12.6 Å². The van der Waals surface area contributed by atoms with Gasteiger partial charge >= 0.3 is 0 Å². The van der Waals surface area contributed by atoms with Gasteiger partial charge < -0.3 is 15.0 Å². The average Bonchev–Trinajstić information content (AvgIpc) is 2.91. The molecule has 1 aromatic rings. The molecular formula is C13H20N4O2. The van der Waals surface area contributed by atoms with Crippen LogP contribution < -0.4 is 11.1 Å². The first-order valence-electron chi connectivity index (χ1n) is 6.91. The molecule has 3 N–H and O–H groups in total. The van der Waals surface area contributed by atoms with Crippen molar-refractivity contribution in [3.63, 3.8) is 0 Å². The largest absolute Gasteiger partial charge is 0.377 e. The lowest BCUT2D eigenvalue weighted by Crippen LogP contribution is -2.38.